The molecule has 0 radical (unpaired) electrons. The molecule has 0 unspecified atom stereocenters. The number of fused-ring (bicyclic) bond motifs is 4. The molecule has 0 bridgehead atoms. The number of thiazole rings is 2. The van der Waals surface area contributed by atoms with Gasteiger partial charge in [-0.3, -0.25) is 0 Å². The van der Waals surface area contributed by atoms with Crippen molar-refractivity contribution in [1.29, 1.82) is 0 Å². The minimum Gasteiger partial charge on any atom is -0.226 e. The first-order valence-electron chi connectivity index (χ1n) is 15.3. The summed E-state index contributed by atoms with van der Waals surface area (Å²) in [6.07, 6.45) is 1.97. The van der Waals surface area contributed by atoms with Gasteiger partial charge < -0.3 is 0 Å². The van der Waals surface area contributed by atoms with Gasteiger partial charge in [0.15, 0.2) is 11.3 Å². The molecule has 0 fully saturated rings. The zero-order valence-corrected chi connectivity index (χ0v) is 28.3. The van der Waals surface area contributed by atoms with Crippen molar-refractivity contribution < 1.29 is 0 Å². The first kappa shape index (κ1) is 30.4. The van der Waals surface area contributed by atoms with Crippen molar-refractivity contribution in [3.63, 3.8) is 0 Å². The lowest BCUT2D eigenvalue weighted by molar-refractivity contribution is 0.185. The maximum absolute atomic E-state index is 5.16. The lowest BCUT2D eigenvalue weighted by Gasteiger charge is -2.36. The van der Waals surface area contributed by atoms with Gasteiger partial charge in [-0.15, -0.1) is 22.7 Å². The van der Waals surface area contributed by atoms with Gasteiger partial charge >= 0.3 is 0 Å². The average molecular weight is 595 g/mol. The number of aromatic nitrogens is 4. The van der Waals surface area contributed by atoms with Crippen LogP contribution >= 0.6 is 22.7 Å². The number of benzene rings is 1. The number of nitrogens with zero attached hydrogens (tertiary/aromatic N) is 4. The Morgan fingerprint density at radius 2 is 0.976 bits per heavy atom. The first-order valence-corrected chi connectivity index (χ1v) is 17.0. The van der Waals surface area contributed by atoms with E-state index in [2.05, 4.69) is 115 Å². The van der Waals surface area contributed by atoms with Crippen molar-refractivity contribution in [2.45, 2.75) is 82.1 Å². The number of pyridine rings is 2. The van der Waals surface area contributed by atoms with Crippen molar-refractivity contribution in [2.75, 3.05) is 0 Å². The van der Waals surface area contributed by atoms with E-state index < -0.39 is 0 Å². The van der Waals surface area contributed by atoms with Crippen LogP contribution < -0.4 is 0 Å². The molecule has 218 valence electrons. The Balaban J connectivity index is 1.97. The van der Waals surface area contributed by atoms with Gasteiger partial charge in [-0.1, -0.05) is 92.9 Å². The first-order chi connectivity index (χ1) is 20.0. The van der Waals surface area contributed by atoms with Crippen LogP contribution in [0, 0.1) is 58.2 Å². The summed E-state index contributed by atoms with van der Waals surface area (Å²) < 4.78 is 2.08. The van der Waals surface area contributed by atoms with Crippen LogP contribution in [-0.2, 0) is 0 Å². The summed E-state index contributed by atoms with van der Waals surface area (Å²) in [5, 5.41) is 1.98. The highest BCUT2D eigenvalue weighted by atomic mass is 32.1. The molecule has 0 saturated carbocycles. The molecule has 4 aromatic heterocycles. The van der Waals surface area contributed by atoms with E-state index in [0.717, 1.165) is 66.5 Å². The Labute approximate surface area is 258 Å². The van der Waals surface area contributed by atoms with Gasteiger partial charge in [-0.25, -0.2) is 19.9 Å². The highest BCUT2D eigenvalue weighted by Gasteiger charge is 2.35. The van der Waals surface area contributed by atoms with E-state index in [-0.39, 0.29) is 10.8 Å². The molecule has 5 rings (SSSR count). The smallest absolute Gasteiger partial charge is 0.170 e. The third-order valence-corrected chi connectivity index (χ3v) is 11.3. The summed E-state index contributed by atoms with van der Waals surface area (Å²) in [6, 6.07) is 4.40. The predicted molar refractivity (Wildman–Crippen MR) is 182 cm³/mol. The van der Waals surface area contributed by atoms with Gasteiger partial charge in [0.25, 0.3) is 0 Å². The van der Waals surface area contributed by atoms with Gasteiger partial charge in [0, 0.05) is 21.6 Å². The zero-order chi connectivity index (χ0) is 30.4. The van der Waals surface area contributed by atoms with Gasteiger partial charge in [0.05, 0.1) is 42.6 Å². The maximum atomic E-state index is 5.16. The molecule has 0 amide bonds. The number of rotatable bonds is 6. The molecule has 0 atom stereocenters. The van der Waals surface area contributed by atoms with E-state index in [1.54, 1.807) is 22.7 Å². The Morgan fingerprint density at radius 1 is 0.619 bits per heavy atom. The zero-order valence-electron chi connectivity index (χ0n) is 26.6. The number of hydrogen-bond donors (Lipinski definition) is 0. The average Bonchev–Trinajstić information content (AvgIpc) is 3.60. The molecule has 0 saturated heterocycles. The van der Waals surface area contributed by atoms with E-state index in [1.165, 1.54) is 0 Å². The summed E-state index contributed by atoms with van der Waals surface area (Å²) in [5.41, 5.74) is 8.56. The largest absolute Gasteiger partial charge is 0.226 e. The molecule has 0 aliphatic rings. The Kier molecular flexibility index (Phi) is 8.36. The molecule has 6 heteroatoms. The highest BCUT2D eigenvalue weighted by Crippen LogP contribution is 2.41. The molecular weight excluding hydrogens is 553 g/mol. The van der Waals surface area contributed by atoms with Crippen LogP contribution in [0.2, 0.25) is 0 Å². The van der Waals surface area contributed by atoms with Crippen LogP contribution in [0.25, 0.3) is 42.5 Å². The summed E-state index contributed by atoms with van der Waals surface area (Å²) in [5.74, 6) is 16.7. The Morgan fingerprint density at radius 3 is 1.29 bits per heavy atom. The predicted octanol–water partition coefficient (Wildman–Crippen LogP) is 10.1. The van der Waals surface area contributed by atoms with Gasteiger partial charge in [0.1, 0.15) is 0 Å². The van der Waals surface area contributed by atoms with E-state index in [9.17, 15) is 0 Å². The van der Waals surface area contributed by atoms with E-state index in [1.807, 2.05) is 11.0 Å². The quantitative estimate of drug-likeness (QED) is 0.145. The highest BCUT2D eigenvalue weighted by molar-refractivity contribution is 7.17. The third-order valence-electron chi connectivity index (χ3n) is 9.79. The van der Waals surface area contributed by atoms with Gasteiger partial charge in [0.2, 0.25) is 0 Å². The molecule has 1 aromatic carbocycles. The van der Waals surface area contributed by atoms with Crippen molar-refractivity contribution >= 4 is 65.2 Å². The maximum Gasteiger partial charge on any atom is 0.170 e. The Hall–Kier alpha value is -3.06. The second-order valence-corrected chi connectivity index (χ2v) is 14.5. The molecule has 4 nitrogen and oxygen atoms in total. The van der Waals surface area contributed by atoms with E-state index in [0.29, 0.717) is 23.7 Å². The molecule has 0 aliphatic carbocycles. The van der Waals surface area contributed by atoms with E-state index >= 15 is 0 Å². The minimum absolute atomic E-state index is 0.112. The van der Waals surface area contributed by atoms with Crippen LogP contribution in [0.15, 0.2) is 23.2 Å². The van der Waals surface area contributed by atoms with Crippen LogP contribution in [0.3, 0.4) is 0 Å². The second-order valence-electron chi connectivity index (χ2n) is 12.8. The molecule has 0 spiro atoms. The lowest BCUT2D eigenvalue weighted by atomic mass is 9.67. The number of hydrogen-bond acceptors (Lipinski definition) is 6. The fraction of sp³-hybridized carbons (Fsp3) is 0.500. The van der Waals surface area contributed by atoms with Crippen LogP contribution in [-0.4, -0.2) is 19.9 Å². The van der Waals surface area contributed by atoms with Gasteiger partial charge in [-0.2, -0.15) is 0 Å². The van der Waals surface area contributed by atoms with Crippen molar-refractivity contribution in [3.8, 4) is 23.7 Å². The normalized spacial score (nSPS) is 12.7. The molecule has 0 aliphatic heterocycles. The lowest BCUT2D eigenvalue weighted by Crippen LogP contribution is -2.31. The fourth-order valence-electron chi connectivity index (χ4n) is 6.94. The van der Waals surface area contributed by atoms with Gasteiger partial charge in [-0.05, 0) is 48.6 Å². The topological polar surface area (TPSA) is 51.6 Å². The van der Waals surface area contributed by atoms with Crippen LogP contribution in [0.4, 0.5) is 0 Å². The molecule has 0 N–H and O–H groups in total. The summed E-state index contributed by atoms with van der Waals surface area (Å²) in [7, 11) is 0. The van der Waals surface area contributed by atoms with Crippen molar-refractivity contribution in [2.24, 2.45) is 34.5 Å². The minimum atomic E-state index is -0.112. The third kappa shape index (κ3) is 4.87. The second kappa shape index (κ2) is 11.6. The summed E-state index contributed by atoms with van der Waals surface area (Å²) in [6.45, 7) is 22.8. The Bertz CT molecular complexity index is 1660. The van der Waals surface area contributed by atoms with Crippen molar-refractivity contribution in [3.05, 3.63) is 34.3 Å². The van der Waals surface area contributed by atoms with E-state index in [4.69, 9.17) is 9.97 Å². The van der Waals surface area contributed by atoms with Crippen LogP contribution in [0.5, 0.6) is 0 Å². The monoisotopic (exact) mass is 594 g/mol. The summed E-state index contributed by atoms with van der Waals surface area (Å²) in [4.78, 5) is 19.5. The van der Waals surface area contributed by atoms with Crippen molar-refractivity contribution in [1.82, 2.24) is 19.9 Å². The standard InChI is InChI=1S/C36H42N4S2/c1-11-35(21(3)4,22(5)6)15-13-25-27-17-29-34(38-20-41-29)40-32(27)26(14-16-36(12-2,23(7)8)24(9)10)28-18-30-33(37-19-42-30)39-31(25)28/h17-24H,11-12H2,1-10H3. The molecule has 42 heavy (non-hydrogen) atoms. The summed E-state index contributed by atoms with van der Waals surface area (Å²) >= 11 is 3.21. The molecule has 4 heterocycles. The molecule has 5 aromatic rings. The fourth-order valence-corrected chi connectivity index (χ4v) is 8.26. The SMILES string of the molecule is CCC(C#Cc1c2cc3scnc3nc2c(C#CC(CC)(C(C)C)C(C)C)c2cc3scnc3nc12)(C(C)C)C(C)C. The van der Waals surface area contributed by atoms with Crippen LogP contribution in [0.1, 0.15) is 93.2 Å². The molecular formula is C36H42N4S2.